The molecule has 1 N–H and O–H groups in total. The lowest BCUT2D eigenvalue weighted by atomic mass is 10.2. The minimum atomic E-state index is -0.533. The van der Waals surface area contributed by atoms with Crippen molar-refractivity contribution >= 4 is 11.8 Å². The highest BCUT2D eigenvalue weighted by atomic mass is 19.1. The zero-order valence-electron chi connectivity index (χ0n) is 13.0. The fourth-order valence-corrected chi connectivity index (χ4v) is 1.89. The van der Waals surface area contributed by atoms with Crippen LogP contribution in [0.5, 0.6) is 11.5 Å². The third kappa shape index (κ3) is 4.88. The molecule has 0 saturated carbocycles. The molecule has 2 rings (SSSR count). The summed E-state index contributed by atoms with van der Waals surface area (Å²) in [6.07, 6.45) is -0.533. The first-order valence-corrected chi connectivity index (χ1v) is 7.11. The van der Waals surface area contributed by atoms with Crippen molar-refractivity contribution in [3.63, 3.8) is 0 Å². The summed E-state index contributed by atoms with van der Waals surface area (Å²) in [5, 5.41) is 2.59. The quantitative estimate of drug-likeness (QED) is 0.875. The average molecular weight is 319 g/mol. The number of rotatable bonds is 6. The van der Waals surface area contributed by atoms with Crippen molar-refractivity contribution in [2.24, 2.45) is 0 Å². The van der Waals surface area contributed by atoms with Crippen molar-refractivity contribution in [1.82, 2.24) is 0 Å². The molecule has 1 amide bonds. The first-order valence-electron chi connectivity index (χ1n) is 7.11. The summed E-state index contributed by atoms with van der Waals surface area (Å²) in [4.78, 5) is 11.4. The van der Waals surface area contributed by atoms with Crippen LogP contribution in [0.25, 0.3) is 0 Å². The third-order valence-electron chi connectivity index (χ3n) is 2.99. The van der Waals surface area contributed by atoms with E-state index in [4.69, 9.17) is 14.2 Å². The number of halogens is 1. The molecule has 0 fully saturated rings. The van der Waals surface area contributed by atoms with Crippen molar-refractivity contribution < 1.29 is 23.4 Å². The fraction of sp³-hybridized carbons (Fsp3) is 0.235. The molecule has 0 saturated heterocycles. The number of methoxy groups -OCH3 is 1. The maximum Gasteiger partial charge on any atom is 0.411 e. The van der Waals surface area contributed by atoms with E-state index in [1.807, 2.05) is 0 Å². The summed E-state index contributed by atoms with van der Waals surface area (Å²) in [5.41, 5.74) is 1.37. The van der Waals surface area contributed by atoms with Crippen molar-refractivity contribution in [2.75, 3.05) is 19.0 Å². The number of carbonyl (C=O) groups is 1. The molecule has 0 heterocycles. The van der Waals surface area contributed by atoms with Gasteiger partial charge in [-0.15, -0.1) is 0 Å². The van der Waals surface area contributed by atoms with E-state index < -0.39 is 6.09 Å². The van der Waals surface area contributed by atoms with Gasteiger partial charge in [0, 0.05) is 11.8 Å². The van der Waals surface area contributed by atoms with Crippen molar-refractivity contribution in [2.45, 2.75) is 13.5 Å². The summed E-state index contributed by atoms with van der Waals surface area (Å²) in [7, 11) is 1.51. The summed E-state index contributed by atoms with van der Waals surface area (Å²) in [5.74, 6) is 0.702. The third-order valence-corrected chi connectivity index (χ3v) is 2.99. The summed E-state index contributed by atoms with van der Waals surface area (Å²) < 4.78 is 28.6. The van der Waals surface area contributed by atoms with Crippen LogP contribution < -0.4 is 14.8 Å². The maximum atomic E-state index is 12.9. The molecule has 122 valence electrons. The van der Waals surface area contributed by atoms with Crippen LogP contribution in [0, 0.1) is 5.82 Å². The zero-order chi connectivity index (χ0) is 16.7. The van der Waals surface area contributed by atoms with Gasteiger partial charge in [0.2, 0.25) is 0 Å². The highest BCUT2D eigenvalue weighted by Gasteiger charge is 2.09. The Morgan fingerprint density at radius 3 is 2.52 bits per heavy atom. The standard InChI is InChI=1S/C17H18FNO4/c1-3-22-17(20)19-14-8-9-15(16(10-14)21-2)23-11-12-4-6-13(18)7-5-12/h4-10H,3,11H2,1-2H3,(H,19,20). The van der Waals surface area contributed by atoms with Gasteiger partial charge in [-0.2, -0.15) is 0 Å². The molecule has 0 spiro atoms. The normalized spacial score (nSPS) is 10.0. The van der Waals surface area contributed by atoms with Crippen LogP contribution in [0.15, 0.2) is 42.5 Å². The van der Waals surface area contributed by atoms with E-state index in [0.717, 1.165) is 5.56 Å². The van der Waals surface area contributed by atoms with Crippen molar-refractivity contribution in [3.8, 4) is 11.5 Å². The minimum absolute atomic E-state index is 0.279. The summed E-state index contributed by atoms with van der Waals surface area (Å²) in [6.45, 7) is 2.30. The number of hydrogen-bond donors (Lipinski definition) is 1. The second-order valence-electron chi connectivity index (χ2n) is 4.63. The molecule has 0 aliphatic carbocycles. The van der Waals surface area contributed by atoms with Gasteiger partial charge in [0.25, 0.3) is 0 Å². The number of benzene rings is 2. The molecule has 0 atom stereocenters. The molecule has 0 aliphatic rings. The number of amides is 1. The van der Waals surface area contributed by atoms with Gasteiger partial charge in [-0.05, 0) is 36.8 Å². The lowest BCUT2D eigenvalue weighted by Crippen LogP contribution is -2.13. The minimum Gasteiger partial charge on any atom is -0.493 e. The van der Waals surface area contributed by atoms with Crippen molar-refractivity contribution in [3.05, 3.63) is 53.8 Å². The Morgan fingerprint density at radius 2 is 1.87 bits per heavy atom. The lowest BCUT2D eigenvalue weighted by Gasteiger charge is -2.13. The number of nitrogens with one attached hydrogen (secondary N) is 1. The predicted molar refractivity (Wildman–Crippen MR) is 84.4 cm³/mol. The molecule has 5 nitrogen and oxygen atoms in total. The molecule has 0 bridgehead atoms. The number of anilines is 1. The molecular formula is C17H18FNO4. The van der Waals surface area contributed by atoms with E-state index in [0.29, 0.717) is 23.8 Å². The molecule has 0 aromatic heterocycles. The highest BCUT2D eigenvalue weighted by Crippen LogP contribution is 2.31. The Balaban J connectivity index is 2.04. The Morgan fingerprint density at radius 1 is 1.13 bits per heavy atom. The van der Waals surface area contributed by atoms with E-state index in [9.17, 15) is 9.18 Å². The lowest BCUT2D eigenvalue weighted by molar-refractivity contribution is 0.168. The van der Waals surface area contributed by atoms with Crippen LogP contribution in [0.4, 0.5) is 14.9 Å². The van der Waals surface area contributed by atoms with Crippen molar-refractivity contribution in [1.29, 1.82) is 0 Å². The number of carbonyl (C=O) groups excluding carboxylic acids is 1. The van der Waals surface area contributed by atoms with Crippen LogP contribution in [-0.4, -0.2) is 19.8 Å². The summed E-state index contributed by atoms with van der Waals surface area (Å²) in [6, 6.07) is 11.1. The first kappa shape index (κ1) is 16.6. The van der Waals surface area contributed by atoms with Gasteiger partial charge in [-0.25, -0.2) is 9.18 Å². The molecule has 0 unspecified atom stereocenters. The first-order chi connectivity index (χ1) is 11.1. The fourth-order valence-electron chi connectivity index (χ4n) is 1.89. The van der Waals surface area contributed by atoms with Crippen LogP contribution in [0.1, 0.15) is 12.5 Å². The second kappa shape index (κ2) is 8.03. The van der Waals surface area contributed by atoms with Gasteiger partial charge in [0.1, 0.15) is 12.4 Å². The summed E-state index contributed by atoms with van der Waals surface area (Å²) >= 11 is 0. The van der Waals surface area contributed by atoms with E-state index in [2.05, 4.69) is 5.32 Å². The Kier molecular flexibility index (Phi) is 5.80. The Bertz CT molecular complexity index is 658. The van der Waals surface area contributed by atoms with E-state index in [1.54, 1.807) is 37.3 Å². The van der Waals surface area contributed by atoms with E-state index in [-0.39, 0.29) is 12.4 Å². The largest absolute Gasteiger partial charge is 0.493 e. The second-order valence-corrected chi connectivity index (χ2v) is 4.63. The van der Waals surface area contributed by atoms with Gasteiger partial charge in [-0.3, -0.25) is 5.32 Å². The molecule has 0 aliphatic heterocycles. The molecular weight excluding hydrogens is 301 g/mol. The van der Waals surface area contributed by atoms with Gasteiger partial charge < -0.3 is 14.2 Å². The molecule has 2 aromatic rings. The van der Waals surface area contributed by atoms with E-state index >= 15 is 0 Å². The molecule has 0 radical (unpaired) electrons. The zero-order valence-corrected chi connectivity index (χ0v) is 13.0. The van der Waals surface area contributed by atoms with Crippen LogP contribution in [0.3, 0.4) is 0 Å². The smallest absolute Gasteiger partial charge is 0.411 e. The highest BCUT2D eigenvalue weighted by molar-refractivity contribution is 5.85. The molecule has 6 heteroatoms. The van der Waals surface area contributed by atoms with Crippen LogP contribution in [0.2, 0.25) is 0 Å². The Hall–Kier alpha value is -2.76. The number of hydrogen-bond acceptors (Lipinski definition) is 4. The topological polar surface area (TPSA) is 56.8 Å². The molecule has 23 heavy (non-hydrogen) atoms. The number of ether oxygens (including phenoxy) is 3. The average Bonchev–Trinajstić information content (AvgIpc) is 2.55. The van der Waals surface area contributed by atoms with Gasteiger partial charge >= 0.3 is 6.09 Å². The van der Waals surface area contributed by atoms with E-state index in [1.165, 1.54) is 19.2 Å². The van der Waals surface area contributed by atoms with Gasteiger partial charge in [0.05, 0.1) is 13.7 Å². The van der Waals surface area contributed by atoms with Gasteiger partial charge in [0.15, 0.2) is 11.5 Å². The SMILES string of the molecule is CCOC(=O)Nc1ccc(OCc2ccc(F)cc2)c(OC)c1. The molecule has 2 aromatic carbocycles. The Labute approximate surface area is 134 Å². The van der Waals surface area contributed by atoms with Gasteiger partial charge in [-0.1, -0.05) is 12.1 Å². The predicted octanol–water partition coefficient (Wildman–Crippen LogP) is 3.98. The monoisotopic (exact) mass is 319 g/mol. The van der Waals surface area contributed by atoms with Crippen LogP contribution >= 0.6 is 0 Å². The van der Waals surface area contributed by atoms with Crippen LogP contribution in [-0.2, 0) is 11.3 Å². The maximum absolute atomic E-state index is 12.9.